The molecule has 24 heavy (non-hydrogen) atoms. The molecule has 1 aromatic heterocycles. The first-order valence-corrected chi connectivity index (χ1v) is 9.28. The summed E-state index contributed by atoms with van der Waals surface area (Å²) in [5, 5.41) is 7.34. The first-order valence-electron chi connectivity index (χ1n) is 9.28. The highest BCUT2D eigenvalue weighted by Gasteiger charge is 2.17. The lowest BCUT2D eigenvalue weighted by Crippen LogP contribution is -2.16. The maximum atomic E-state index is 5.74. The number of benzene rings is 1. The lowest BCUT2D eigenvalue weighted by Gasteiger charge is -2.22. The lowest BCUT2D eigenvalue weighted by molar-refractivity contribution is 0.0663. The molecule has 1 unspecified atom stereocenters. The van der Waals surface area contributed by atoms with Crippen molar-refractivity contribution in [2.24, 2.45) is 0 Å². The van der Waals surface area contributed by atoms with Crippen molar-refractivity contribution in [2.45, 2.75) is 57.0 Å². The molecular weight excluding hydrogens is 300 g/mol. The van der Waals surface area contributed by atoms with E-state index in [1.165, 1.54) is 37.7 Å². The quantitative estimate of drug-likeness (QED) is 0.867. The molecular formula is C20H26N2O2. The molecule has 1 aliphatic heterocycles. The molecule has 4 nitrogen and oxygen atoms in total. The molecule has 1 N–H and O–H groups in total. The van der Waals surface area contributed by atoms with Crippen LogP contribution in [0.4, 0.5) is 0 Å². The van der Waals surface area contributed by atoms with Crippen molar-refractivity contribution < 1.29 is 9.47 Å². The monoisotopic (exact) mass is 326 g/mol. The van der Waals surface area contributed by atoms with Gasteiger partial charge in [0.1, 0.15) is 6.61 Å². The molecule has 128 valence electrons. The summed E-state index contributed by atoms with van der Waals surface area (Å²) >= 11 is 0. The second-order valence-corrected chi connectivity index (χ2v) is 7.02. The van der Waals surface area contributed by atoms with E-state index in [0.29, 0.717) is 12.5 Å². The third kappa shape index (κ3) is 3.64. The number of aromatic amines is 1. The van der Waals surface area contributed by atoms with Crippen LogP contribution in [0.2, 0.25) is 0 Å². The topological polar surface area (TPSA) is 47.1 Å². The average Bonchev–Trinajstić information content (AvgIpc) is 3.33. The lowest BCUT2D eigenvalue weighted by atomic mass is 9.84. The van der Waals surface area contributed by atoms with Crippen LogP contribution >= 0.6 is 0 Å². The summed E-state index contributed by atoms with van der Waals surface area (Å²) < 4.78 is 11.3. The van der Waals surface area contributed by atoms with Gasteiger partial charge in [-0.3, -0.25) is 5.10 Å². The average molecular weight is 326 g/mol. The van der Waals surface area contributed by atoms with Gasteiger partial charge in [-0.05, 0) is 42.7 Å². The Hall–Kier alpha value is -1.81. The number of nitrogens with one attached hydrogen (secondary N) is 1. The number of aromatic nitrogens is 2. The van der Waals surface area contributed by atoms with Gasteiger partial charge in [-0.1, -0.05) is 43.5 Å². The fourth-order valence-corrected chi connectivity index (χ4v) is 3.85. The summed E-state index contributed by atoms with van der Waals surface area (Å²) in [6.45, 7) is 1.44. The van der Waals surface area contributed by atoms with Crippen LogP contribution in [-0.4, -0.2) is 29.5 Å². The van der Waals surface area contributed by atoms with Crippen LogP contribution in [-0.2, 0) is 4.74 Å². The van der Waals surface area contributed by atoms with Crippen molar-refractivity contribution in [1.82, 2.24) is 10.2 Å². The van der Waals surface area contributed by atoms with Gasteiger partial charge in [-0.15, -0.1) is 5.10 Å². The summed E-state index contributed by atoms with van der Waals surface area (Å²) in [5.74, 6) is 1.40. The molecule has 1 saturated heterocycles. The van der Waals surface area contributed by atoms with Crippen molar-refractivity contribution in [3.05, 3.63) is 35.9 Å². The van der Waals surface area contributed by atoms with E-state index in [9.17, 15) is 0 Å². The second-order valence-electron chi connectivity index (χ2n) is 7.02. The Morgan fingerprint density at radius 1 is 1.04 bits per heavy atom. The Morgan fingerprint density at radius 3 is 2.62 bits per heavy atom. The van der Waals surface area contributed by atoms with Gasteiger partial charge in [-0.2, -0.15) is 0 Å². The van der Waals surface area contributed by atoms with Crippen LogP contribution < -0.4 is 4.74 Å². The maximum absolute atomic E-state index is 5.74. The predicted octanol–water partition coefficient (Wildman–Crippen LogP) is 4.68. The van der Waals surface area contributed by atoms with Gasteiger partial charge < -0.3 is 9.47 Å². The van der Waals surface area contributed by atoms with Gasteiger partial charge >= 0.3 is 0 Å². The molecule has 2 aliphatic rings. The number of hydrogen-bond acceptors (Lipinski definition) is 3. The minimum absolute atomic E-state index is 0.222. The summed E-state index contributed by atoms with van der Waals surface area (Å²) in [5.41, 5.74) is 3.65. The molecule has 2 heterocycles. The molecule has 4 rings (SSSR count). The van der Waals surface area contributed by atoms with E-state index in [-0.39, 0.29) is 6.10 Å². The van der Waals surface area contributed by atoms with E-state index >= 15 is 0 Å². The Morgan fingerprint density at radius 2 is 1.88 bits per heavy atom. The molecule has 1 atom stereocenters. The highest BCUT2D eigenvalue weighted by atomic mass is 16.5. The number of ether oxygens (including phenoxy) is 2. The summed E-state index contributed by atoms with van der Waals surface area (Å²) in [6.07, 6.45) is 9.26. The Kier molecular flexibility index (Phi) is 4.83. The van der Waals surface area contributed by atoms with Crippen molar-refractivity contribution in [3.63, 3.8) is 0 Å². The van der Waals surface area contributed by atoms with Gasteiger partial charge in [0.05, 0.1) is 11.8 Å². The minimum Gasteiger partial charge on any atom is -0.474 e. The zero-order valence-electron chi connectivity index (χ0n) is 14.2. The van der Waals surface area contributed by atoms with E-state index in [2.05, 4.69) is 34.5 Å². The number of H-pyrrole nitrogens is 1. The maximum Gasteiger partial charge on any atom is 0.233 e. The van der Waals surface area contributed by atoms with E-state index in [1.54, 1.807) is 0 Å². The molecule has 2 aromatic rings. The van der Waals surface area contributed by atoms with Gasteiger partial charge in [-0.25, -0.2) is 0 Å². The van der Waals surface area contributed by atoms with Gasteiger partial charge in [0.2, 0.25) is 5.88 Å². The fraction of sp³-hybridized carbons (Fsp3) is 0.550. The van der Waals surface area contributed by atoms with Crippen molar-refractivity contribution in [1.29, 1.82) is 0 Å². The summed E-state index contributed by atoms with van der Waals surface area (Å²) in [7, 11) is 0. The third-order valence-electron chi connectivity index (χ3n) is 5.29. The van der Waals surface area contributed by atoms with E-state index in [0.717, 1.165) is 36.6 Å². The summed E-state index contributed by atoms with van der Waals surface area (Å²) in [4.78, 5) is 0. The molecule has 0 spiro atoms. The van der Waals surface area contributed by atoms with Gasteiger partial charge in [0.15, 0.2) is 0 Å². The van der Waals surface area contributed by atoms with E-state index in [1.807, 2.05) is 6.07 Å². The zero-order valence-corrected chi connectivity index (χ0v) is 14.2. The minimum atomic E-state index is 0.222. The molecule has 4 heteroatoms. The van der Waals surface area contributed by atoms with Crippen LogP contribution in [0.3, 0.4) is 0 Å². The Bertz CT molecular complexity index is 638. The first kappa shape index (κ1) is 15.7. The Labute approximate surface area is 143 Å². The summed E-state index contributed by atoms with van der Waals surface area (Å²) in [6, 6.07) is 10.9. The normalized spacial score (nSPS) is 21.9. The van der Waals surface area contributed by atoms with Crippen LogP contribution in [0.25, 0.3) is 11.3 Å². The zero-order chi connectivity index (χ0) is 16.2. The molecule has 2 fully saturated rings. The van der Waals surface area contributed by atoms with Gasteiger partial charge in [0, 0.05) is 12.7 Å². The predicted molar refractivity (Wildman–Crippen MR) is 94.3 cm³/mol. The molecule has 0 bridgehead atoms. The fourth-order valence-electron chi connectivity index (χ4n) is 3.85. The van der Waals surface area contributed by atoms with Crippen LogP contribution in [0.1, 0.15) is 56.4 Å². The Balaban J connectivity index is 1.38. The largest absolute Gasteiger partial charge is 0.474 e. The van der Waals surface area contributed by atoms with Crippen LogP contribution in [0, 0.1) is 0 Å². The van der Waals surface area contributed by atoms with Gasteiger partial charge in [0.25, 0.3) is 0 Å². The van der Waals surface area contributed by atoms with Crippen LogP contribution in [0.5, 0.6) is 5.88 Å². The number of hydrogen-bond donors (Lipinski definition) is 1. The standard InChI is InChI=1S/C20H26N2O2/c1-2-5-15(6-3-1)16-8-10-17(11-9-16)19-13-20(22-21-19)24-14-18-7-4-12-23-18/h8-11,13,15,18H,1-7,12,14H2,(H,21,22). The molecule has 0 radical (unpaired) electrons. The van der Waals surface area contributed by atoms with Crippen molar-refractivity contribution in [3.8, 4) is 17.1 Å². The second kappa shape index (κ2) is 7.39. The molecule has 1 aromatic carbocycles. The van der Waals surface area contributed by atoms with E-state index < -0.39 is 0 Å². The van der Waals surface area contributed by atoms with Crippen molar-refractivity contribution in [2.75, 3.05) is 13.2 Å². The third-order valence-corrected chi connectivity index (χ3v) is 5.29. The highest BCUT2D eigenvalue weighted by Crippen LogP contribution is 2.33. The smallest absolute Gasteiger partial charge is 0.233 e. The molecule has 1 saturated carbocycles. The van der Waals surface area contributed by atoms with E-state index in [4.69, 9.17) is 9.47 Å². The van der Waals surface area contributed by atoms with Crippen molar-refractivity contribution >= 4 is 0 Å². The number of nitrogens with zero attached hydrogens (tertiary/aromatic N) is 1. The molecule has 0 amide bonds. The SMILES string of the molecule is c1cc(C2CCCCC2)ccc1-c1cc(OCC2CCCO2)n[nH]1. The number of rotatable bonds is 5. The van der Waals surface area contributed by atoms with Crippen LogP contribution in [0.15, 0.2) is 30.3 Å². The molecule has 1 aliphatic carbocycles. The first-order chi connectivity index (χ1) is 11.9. The highest BCUT2D eigenvalue weighted by molar-refractivity contribution is 5.60.